The van der Waals surface area contributed by atoms with E-state index in [1.807, 2.05) is 48.5 Å². The van der Waals surface area contributed by atoms with E-state index in [1.54, 1.807) is 0 Å². The van der Waals surface area contributed by atoms with Crippen LogP contribution in [0.3, 0.4) is 0 Å². The van der Waals surface area contributed by atoms with Crippen molar-refractivity contribution < 1.29 is 4.79 Å². The summed E-state index contributed by atoms with van der Waals surface area (Å²) in [5, 5.41) is 3.95. The van der Waals surface area contributed by atoms with Crippen LogP contribution in [-0.4, -0.2) is 17.6 Å². The Kier molecular flexibility index (Phi) is 4.62. The Morgan fingerprint density at radius 3 is 2.22 bits per heavy atom. The van der Waals surface area contributed by atoms with Crippen LogP contribution in [0.2, 0.25) is 0 Å². The molecule has 1 heterocycles. The standard InChI is InChI=1S/C23H21N3O/c24-23(27)25-15-19(16-9-3-1-4-10-16)21-18-13-7-8-14-20(18)26-22(21)17-11-5-2-6-12-17/h1-14,19,26H,15H2,(H3,24,25,27). The predicted molar refractivity (Wildman–Crippen MR) is 110 cm³/mol. The summed E-state index contributed by atoms with van der Waals surface area (Å²) in [5.74, 6) is -0.0231. The summed E-state index contributed by atoms with van der Waals surface area (Å²) >= 11 is 0. The third kappa shape index (κ3) is 3.42. The van der Waals surface area contributed by atoms with Crippen molar-refractivity contribution in [3.8, 4) is 11.3 Å². The number of fused-ring (bicyclic) bond motifs is 1. The van der Waals surface area contributed by atoms with E-state index >= 15 is 0 Å². The Hall–Kier alpha value is -3.53. The average molecular weight is 355 g/mol. The van der Waals surface area contributed by atoms with E-state index in [-0.39, 0.29) is 5.92 Å². The fourth-order valence-corrected chi connectivity index (χ4v) is 3.63. The van der Waals surface area contributed by atoms with Gasteiger partial charge in [0.2, 0.25) is 0 Å². The molecule has 0 radical (unpaired) electrons. The second kappa shape index (κ2) is 7.38. The minimum absolute atomic E-state index is 0.0231. The number of rotatable bonds is 5. The van der Waals surface area contributed by atoms with Crippen LogP contribution in [0, 0.1) is 0 Å². The van der Waals surface area contributed by atoms with Crippen molar-refractivity contribution in [2.24, 2.45) is 5.73 Å². The molecular weight excluding hydrogens is 334 g/mol. The zero-order chi connectivity index (χ0) is 18.6. The third-order valence-electron chi connectivity index (χ3n) is 4.84. The van der Waals surface area contributed by atoms with Gasteiger partial charge in [-0.05, 0) is 22.8 Å². The average Bonchev–Trinajstić information content (AvgIpc) is 3.09. The molecule has 4 nitrogen and oxygen atoms in total. The van der Waals surface area contributed by atoms with Gasteiger partial charge in [-0.2, -0.15) is 0 Å². The fraction of sp³-hybridized carbons (Fsp3) is 0.0870. The fourth-order valence-electron chi connectivity index (χ4n) is 3.63. The van der Waals surface area contributed by atoms with Crippen molar-refractivity contribution in [1.29, 1.82) is 0 Å². The van der Waals surface area contributed by atoms with E-state index in [2.05, 4.69) is 46.7 Å². The molecule has 4 aromatic rings. The molecule has 0 aliphatic carbocycles. The molecule has 1 unspecified atom stereocenters. The molecule has 4 rings (SSSR count). The molecule has 134 valence electrons. The lowest BCUT2D eigenvalue weighted by atomic mass is 9.87. The van der Waals surface area contributed by atoms with Gasteiger partial charge < -0.3 is 16.0 Å². The van der Waals surface area contributed by atoms with Crippen LogP contribution in [0.1, 0.15) is 17.0 Å². The van der Waals surface area contributed by atoms with Gasteiger partial charge in [-0.1, -0.05) is 78.9 Å². The number of H-pyrrole nitrogens is 1. The summed E-state index contributed by atoms with van der Waals surface area (Å²) in [7, 11) is 0. The minimum Gasteiger partial charge on any atom is -0.354 e. The summed E-state index contributed by atoms with van der Waals surface area (Å²) in [4.78, 5) is 15.0. The van der Waals surface area contributed by atoms with Crippen LogP contribution in [0.5, 0.6) is 0 Å². The van der Waals surface area contributed by atoms with Gasteiger partial charge in [0.1, 0.15) is 0 Å². The first-order chi connectivity index (χ1) is 13.2. The van der Waals surface area contributed by atoms with Crippen molar-refractivity contribution in [3.63, 3.8) is 0 Å². The number of aromatic amines is 1. The zero-order valence-electron chi connectivity index (χ0n) is 14.9. The van der Waals surface area contributed by atoms with Crippen molar-refractivity contribution >= 4 is 16.9 Å². The predicted octanol–water partition coefficient (Wildman–Crippen LogP) is 4.64. The van der Waals surface area contributed by atoms with Crippen molar-refractivity contribution in [2.45, 2.75) is 5.92 Å². The monoisotopic (exact) mass is 355 g/mol. The quantitative estimate of drug-likeness (QED) is 0.480. The van der Waals surface area contributed by atoms with Crippen molar-refractivity contribution in [1.82, 2.24) is 10.3 Å². The Labute approximate surface area is 158 Å². The minimum atomic E-state index is -0.517. The number of hydrogen-bond donors (Lipinski definition) is 3. The highest BCUT2D eigenvalue weighted by atomic mass is 16.2. The van der Waals surface area contributed by atoms with Crippen LogP contribution in [0.25, 0.3) is 22.2 Å². The number of amides is 2. The second-order valence-electron chi connectivity index (χ2n) is 6.53. The van der Waals surface area contributed by atoms with Crippen LogP contribution >= 0.6 is 0 Å². The first-order valence-corrected chi connectivity index (χ1v) is 8.98. The van der Waals surface area contributed by atoms with Gasteiger partial charge in [0.05, 0.1) is 5.69 Å². The van der Waals surface area contributed by atoms with E-state index in [1.165, 1.54) is 0 Å². The number of nitrogens with one attached hydrogen (secondary N) is 2. The summed E-state index contributed by atoms with van der Waals surface area (Å²) in [5.41, 5.74) is 10.9. The maximum atomic E-state index is 11.4. The van der Waals surface area contributed by atoms with Gasteiger partial charge >= 0.3 is 6.03 Å². The molecule has 0 aliphatic rings. The number of carbonyl (C=O) groups is 1. The number of aromatic nitrogens is 1. The number of hydrogen-bond acceptors (Lipinski definition) is 1. The summed E-state index contributed by atoms with van der Waals surface area (Å²) < 4.78 is 0. The van der Waals surface area contributed by atoms with Crippen LogP contribution in [-0.2, 0) is 0 Å². The van der Waals surface area contributed by atoms with Crippen molar-refractivity contribution in [2.75, 3.05) is 6.54 Å². The zero-order valence-corrected chi connectivity index (χ0v) is 14.9. The molecule has 3 aromatic carbocycles. The molecule has 0 bridgehead atoms. The smallest absolute Gasteiger partial charge is 0.312 e. The van der Waals surface area contributed by atoms with Gasteiger partial charge in [-0.15, -0.1) is 0 Å². The lowest BCUT2D eigenvalue weighted by Crippen LogP contribution is -2.33. The number of primary amides is 1. The number of para-hydroxylation sites is 1. The topological polar surface area (TPSA) is 70.9 Å². The third-order valence-corrected chi connectivity index (χ3v) is 4.84. The van der Waals surface area contributed by atoms with Crippen LogP contribution in [0.15, 0.2) is 84.9 Å². The van der Waals surface area contributed by atoms with Gasteiger partial charge in [0.15, 0.2) is 0 Å². The molecule has 27 heavy (non-hydrogen) atoms. The largest absolute Gasteiger partial charge is 0.354 e. The Bertz CT molecular complexity index is 1050. The molecule has 0 spiro atoms. The molecule has 0 saturated heterocycles. The maximum Gasteiger partial charge on any atom is 0.312 e. The molecule has 0 aliphatic heterocycles. The Morgan fingerprint density at radius 1 is 0.889 bits per heavy atom. The van der Waals surface area contributed by atoms with E-state index in [4.69, 9.17) is 5.73 Å². The van der Waals surface area contributed by atoms with E-state index in [0.717, 1.165) is 33.3 Å². The van der Waals surface area contributed by atoms with Crippen LogP contribution in [0.4, 0.5) is 4.79 Å². The first-order valence-electron chi connectivity index (χ1n) is 8.98. The molecule has 1 atom stereocenters. The highest BCUT2D eigenvalue weighted by molar-refractivity contribution is 5.92. The maximum absolute atomic E-state index is 11.4. The summed E-state index contributed by atoms with van der Waals surface area (Å²) in [6.07, 6.45) is 0. The van der Waals surface area contributed by atoms with Gasteiger partial charge in [-0.25, -0.2) is 4.79 Å². The lowest BCUT2D eigenvalue weighted by Gasteiger charge is -2.20. The van der Waals surface area contributed by atoms with E-state index in [0.29, 0.717) is 6.54 Å². The normalized spacial score (nSPS) is 12.0. The number of carbonyl (C=O) groups excluding carboxylic acids is 1. The number of urea groups is 1. The molecule has 0 saturated carbocycles. The molecule has 4 heteroatoms. The van der Waals surface area contributed by atoms with Gasteiger partial charge in [0, 0.05) is 23.4 Å². The highest BCUT2D eigenvalue weighted by Gasteiger charge is 2.23. The van der Waals surface area contributed by atoms with Gasteiger partial charge in [-0.3, -0.25) is 0 Å². The molecular formula is C23H21N3O. The number of benzene rings is 3. The molecule has 1 aromatic heterocycles. The van der Waals surface area contributed by atoms with Crippen molar-refractivity contribution in [3.05, 3.63) is 96.1 Å². The van der Waals surface area contributed by atoms with E-state index in [9.17, 15) is 4.79 Å². The summed E-state index contributed by atoms with van der Waals surface area (Å²) in [6, 6.07) is 28.2. The molecule has 4 N–H and O–H groups in total. The lowest BCUT2D eigenvalue weighted by molar-refractivity contribution is 0.248. The molecule has 0 fully saturated rings. The van der Waals surface area contributed by atoms with Crippen LogP contribution < -0.4 is 11.1 Å². The first kappa shape index (κ1) is 16.9. The Morgan fingerprint density at radius 2 is 1.52 bits per heavy atom. The SMILES string of the molecule is NC(=O)NCC(c1ccccc1)c1c(-c2ccccc2)[nH]c2ccccc12. The highest BCUT2D eigenvalue weighted by Crippen LogP contribution is 2.38. The van der Waals surface area contributed by atoms with Gasteiger partial charge in [0.25, 0.3) is 0 Å². The molecule has 2 amide bonds. The second-order valence-corrected chi connectivity index (χ2v) is 6.53. The Balaban J connectivity index is 1.94. The van der Waals surface area contributed by atoms with E-state index < -0.39 is 6.03 Å². The number of nitrogens with two attached hydrogens (primary N) is 1. The summed E-state index contributed by atoms with van der Waals surface area (Å²) in [6.45, 7) is 0.432.